The number of nitrogens with one attached hydrogen (secondary N) is 1. The molecule has 2 aliphatic rings. The van der Waals surface area contributed by atoms with Crippen LogP contribution in [0.3, 0.4) is 0 Å². The van der Waals surface area contributed by atoms with Crippen LogP contribution in [0.1, 0.15) is 48.9 Å². The molecule has 2 unspecified atom stereocenters. The minimum atomic E-state index is -0.374. The summed E-state index contributed by atoms with van der Waals surface area (Å²) in [4.78, 5) is 16.3. The molecule has 4 rings (SSSR count). The number of ether oxygens (including phenoxy) is 1. The zero-order valence-corrected chi connectivity index (χ0v) is 18.5. The van der Waals surface area contributed by atoms with Crippen LogP contribution in [-0.4, -0.2) is 43.2 Å². The van der Waals surface area contributed by atoms with E-state index in [1.54, 1.807) is 7.48 Å². The number of hydrazine groups is 1. The number of carbonyl (C=O) groups excluding carboxylic acids is 1. The topological polar surface area (TPSA) is 66.9 Å². The van der Waals surface area contributed by atoms with Crippen LogP contribution in [0.2, 0.25) is 6.82 Å². The van der Waals surface area contributed by atoms with E-state index in [1.165, 1.54) is 0 Å². The third kappa shape index (κ3) is 4.53. The number of carbonyl (C=O) groups is 1. The van der Waals surface area contributed by atoms with Crippen molar-refractivity contribution < 1.29 is 14.3 Å². The quantitative estimate of drug-likeness (QED) is 0.397. The van der Waals surface area contributed by atoms with E-state index in [0.29, 0.717) is 6.54 Å². The number of anilines is 1. The second kappa shape index (κ2) is 9.91. The van der Waals surface area contributed by atoms with Crippen molar-refractivity contribution in [3.63, 3.8) is 0 Å². The van der Waals surface area contributed by atoms with E-state index in [1.807, 2.05) is 29.3 Å². The van der Waals surface area contributed by atoms with Crippen molar-refractivity contribution in [1.29, 1.82) is 0 Å². The molecule has 1 N–H and O–H groups in total. The van der Waals surface area contributed by atoms with Gasteiger partial charge in [-0.25, -0.2) is 10.5 Å². The SMILES string of the molecule is C[B]ON(CC)Cc1cncc(-c2ccc3c(c2)C(C=O)NN3C2CCCCO2)c1C. The Morgan fingerprint density at radius 3 is 2.97 bits per heavy atom. The van der Waals surface area contributed by atoms with E-state index >= 15 is 0 Å². The Morgan fingerprint density at radius 1 is 1.39 bits per heavy atom. The standard InChI is InChI=1S/C23H30BN4O3/c1-4-27(31-24-3)14-18-12-25-13-20(16(18)2)17-8-9-22-19(11-17)21(15-29)26-28(22)23-7-5-6-10-30-23/h8-9,11-13,15,21,23,26H,4-7,10,14H2,1-3H3. The number of benzene rings is 1. The first-order chi connectivity index (χ1) is 15.2. The lowest BCUT2D eigenvalue weighted by atomic mass is 9.95. The molecule has 8 heteroatoms. The van der Waals surface area contributed by atoms with E-state index in [0.717, 1.165) is 72.2 Å². The van der Waals surface area contributed by atoms with Crippen molar-refractivity contribution in [3.8, 4) is 11.1 Å². The van der Waals surface area contributed by atoms with Gasteiger partial charge in [0, 0.05) is 43.2 Å². The van der Waals surface area contributed by atoms with Crippen molar-refractivity contribution in [1.82, 2.24) is 15.5 Å². The monoisotopic (exact) mass is 421 g/mol. The van der Waals surface area contributed by atoms with Crippen LogP contribution in [0.25, 0.3) is 11.1 Å². The van der Waals surface area contributed by atoms with Gasteiger partial charge in [-0.1, -0.05) is 19.8 Å². The smallest absolute Gasteiger partial charge is 0.321 e. The molecule has 1 aromatic heterocycles. The number of hydrogen-bond acceptors (Lipinski definition) is 7. The Hall–Kier alpha value is -2.26. The summed E-state index contributed by atoms with van der Waals surface area (Å²) in [6.07, 6.45) is 7.89. The molecule has 0 aliphatic carbocycles. The maximum atomic E-state index is 11.8. The van der Waals surface area contributed by atoms with Gasteiger partial charge in [-0.3, -0.25) is 9.99 Å². The molecule has 163 valence electrons. The molecule has 31 heavy (non-hydrogen) atoms. The van der Waals surface area contributed by atoms with Gasteiger partial charge < -0.3 is 14.3 Å². The first kappa shape index (κ1) is 22.0. The van der Waals surface area contributed by atoms with Gasteiger partial charge in [0.15, 0.2) is 0 Å². The zero-order chi connectivity index (χ0) is 21.8. The summed E-state index contributed by atoms with van der Waals surface area (Å²) >= 11 is 0. The van der Waals surface area contributed by atoms with Crippen LogP contribution >= 0.6 is 0 Å². The molecule has 1 radical (unpaired) electrons. The van der Waals surface area contributed by atoms with E-state index in [9.17, 15) is 4.79 Å². The number of rotatable bonds is 8. The van der Waals surface area contributed by atoms with Gasteiger partial charge in [0.25, 0.3) is 0 Å². The Morgan fingerprint density at radius 2 is 2.26 bits per heavy atom. The fourth-order valence-electron chi connectivity index (χ4n) is 4.33. The van der Waals surface area contributed by atoms with Crippen molar-refractivity contribution in [2.24, 2.45) is 0 Å². The van der Waals surface area contributed by atoms with Crippen LogP contribution in [0.15, 0.2) is 30.6 Å². The third-order valence-electron chi connectivity index (χ3n) is 6.06. The van der Waals surface area contributed by atoms with Crippen LogP contribution in [0.4, 0.5) is 5.69 Å². The predicted molar refractivity (Wildman–Crippen MR) is 121 cm³/mol. The Labute approximate surface area is 184 Å². The van der Waals surface area contributed by atoms with Crippen LogP contribution in [0.5, 0.6) is 0 Å². The molecule has 2 atom stereocenters. The average Bonchev–Trinajstić information content (AvgIpc) is 3.18. The van der Waals surface area contributed by atoms with Gasteiger partial charge in [0.05, 0.1) is 5.69 Å². The van der Waals surface area contributed by atoms with Gasteiger partial charge in [-0.2, -0.15) is 0 Å². The van der Waals surface area contributed by atoms with E-state index < -0.39 is 0 Å². The molecule has 7 nitrogen and oxygen atoms in total. The Kier molecular flexibility index (Phi) is 7.02. The minimum absolute atomic E-state index is 0.0366. The molecular formula is C23H30BN4O3. The average molecular weight is 421 g/mol. The first-order valence-electron chi connectivity index (χ1n) is 11.1. The molecule has 3 heterocycles. The van der Waals surface area contributed by atoms with Crippen LogP contribution in [-0.2, 0) is 20.8 Å². The highest BCUT2D eigenvalue weighted by molar-refractivity contribution is 6.24. The van der Waals surface area contributed by atoms with E-state index in [4.69, 9.17) is 9.49 Å². The third-order valence-corrected chi connectivity index (χ3v) is 6.06. The van der Waals surface area contributed by atoms with Gasteiger partial charge in [-0.15, -0.1) is 0 Å². The summed E-state index contributed by atoms with van der Waals surface area (Å²) < 4.78 is 11.5. The molecule has 0 amide bonds. The fourth-order valence-corrected chi connectivity index (χ4v) is 4.33. The number of aromatic nitrogens is 1. The predicted octanol–water partition coefficient (Wildman–Crippen LogP) is 3.57. The lowest BCUT2D eigenvalue weighted by molar-refractivity contribution is -0.109. The Bertz CT molecular complexity index is 920. The number of fused-ring (bicyclic) bond motifs is 1. The summed E-state index contributed by atoms with van der Waals surface area (Å²) in [5.41, 5.74) is 9.71. The highest BCUT2D eigenvalue weighted by atomic mass is 16.6. The number of pyridine rings is 1. The summed E-state index contributed by atoms with van der Waals surface area (Å²) in [5, 5.41) is 3.92. The van der Waals surface area contributed by atoms with Gasteiger partial charge in [0.1, 0.15) is 18.6 Å². The maximum absolute atomic E-state index is 11.8. The van der Waals surface area contributed by atoms with Crippen molar-refractivity contribution in [3.05, 3.63) is 47.3 Å². The number of aldehydes is 1. The number of nitrogens with zero attached hydrogens (tertiary/aromatic N) is 3. The highest BCUT2D eigenvalue weighted by Gasteiger charge is 2.34. The Balaban J connectivity index is 1.64. The van der Waals surface area contributed by atoms with E-state index in [-0.39, 0.29) is 12.3 Å². The molecule has 0 bridgehead atoms. The highest BCUT2D eigenvalue weighted by Crippen LogP contribution is 2.38. The maximum Gasteiger partial charge on any atom is 0.321 e. The molecule has 1 fully saturated rings. The number of hydrogen-bond donors (Lipinski definition) is 1. The zero-order valence-electron chi connectivity index (χ0n) is 18.5. The summed E-state index contributed by atoms with van der Waals surface area (Å²) in [6, 6.07) is 5.91. The largest absolute Gasteiger partial charge is 0.367 e. The van der Waals surface area contributed by atoms with E-state index in [2.05, 4.69) is 42.5 Å². The van der Waals surface area contributed by atoms with Crippen LogP contribution in [0, 0.1) is 6.92 Å². The second-order valence-electron chi connectivity index (χ2n) is 7.98. The normalized spacial score (nSPS) is 20.7. The van der Waals surface area contributed by atoms with Crippen molar-refractivity contribution >= 4 is 19.5 Å². The van der Waals surface area contributed by atoms with Crippen molar-refractivity contribution in [2.45, 2.75) is 58.7 Å². The second-order valence-corrected chi connectivity index (χ2v) is 7.98. The summed E-state index contributed by atoms with van der Waals surface area (Å²) in [7, 11) is 1.69. The summed E-state index contributed by atoms with van der Waals surface area (Å²) in [6.45, 7) is 8.23. The van der Waals surface area contributed by atoms with Crippen molar-refractivity contribution in [2.75, 3.05) is 18.2 Å². The first-order valence-corrected chi connectivity index (χ1v) is 11.1. The van der Waals surface area contributed by atoms with Gasteiger partial charge in [-0.05, 0) is 55.0 Å². The van der Waals surface area contributed by atoms with Gasteiger partial charge >= 0.3 is 7.48 Å². The fraction of sp³-hybridized carbons (Fsp3) is 0.478. The van der Waals surface area contributed by atoms with Crippen LogP contribution < -0.4 is 10.4 Å². The molecule has 1 saturated heterocycles. The number of hydroxylamine groups is 2. The molecule has 1 aromatic carbocycles. The molecular weight excluding hydrogens is 391 g/mol. The summed E-state index contributed by atoms with van der Waals surface area (Å²) in [5.74, 6) is 0. The molecule has 2 aromatic rings. The van der Waals surface area contributed by atoms with Gasteiger partial charge in [0.2, 0.25) is 0 Å². The molecule has 2 aliphatic heterocycles. The minimum Gasteiger partial charge on any atom is -0.367 e. The lowest BCUT2D eigenvalue weighted by Crippen LogP contribution is -2.46. The lowest BCUT2D eigenvalue weighted by Gasteiger charge is -2.33. The molecule has 0 spiro atoms. The molecule has 0 saturated carbocycles.